The Bertz CT molecular complexity index is 3030. The zero-order valence-corrected chi connectivity index (χ0v) is 31.3. The van der Waals surface area contributed by atoms with Gasteiger partial charge < -0.3 is 0 Å². The molecule has 268 valence electrons. The summed E-state index contributed by atoms with van der Waals surface area (Å²) in [5.41, 5.74) is 16.4. The van der Waals surface area contributed by atoms with Crippen molar-refractivity contribution in [3.05, 3.63) is 206 Å². The predicted molar refractivity (Wildman–Crippen MR) is 235 cm³/mol. The quantitative estimate of drug-likeness (QED) is 0.153. The smallest absolute Gasteiger partial charge is 0.160 e. The van der Waals surface area contributed by atoms with Crippen molar-refractivity contribution in [1.29, 1.82) is 0 Å². The SMILES string of the molecule is Cc1cc(-c2cccc(-c3ccc(-c4nc(-c5ccccc5)cc(-c5ccc(-c6ccccc6)cc5)n4)cc3)c2)nc2c1ccc1ccc(-c3ccccc3)nc12. The van der Waals surface area contributed by atoms with Crippen LogP contribution in [0.25, 0.3) is 100 Å². The molecule has 0 amide bonds. The highest BCUT2D eigenvalue weighted by molar-refractivity contribution is 6.05. The molecule has 0 radical (unpaired) electrons. The molecule has 3 heterocycles. The third-order valence-corrected chi connectivity index (χ3v) is 10.6. The van der Waals surface area contributed by atoms with Crippen LogP contribution in [0.2, 0.25) is 0 Å². The second kappa shape index (κ2) is 14.6. The Kier molecular flexibility index (Phi) is 8.69. The first-order valence-electron chi connectivity index (χ1n) is 19.2. The molecule has 0 fully saturated rings. The lowest BCUT2D eigenvalue weighted by Crippen LogP contribution is -1.96. The number of rotatable bonds is 7. The Hall–Kier alpha value is -7.56. The van der Waals surface area contributed by atoms with Crippen LogP contribution in [-0.4, -0.2) is 19.9 Å². The lowest BCUT2D eigenvalue weighted by atomic mass is 9.98. The zero-order valence-electron chi connectivity index (χ0n) is 31.3. The van der Waals surface area contributed by atoms with Gasteiger partial charge in [0.05, 0.1) is 33.8 Å². The minimum absolute atomic E-state index is 0.686. The number of hydrogen-bond donors (Lipinski definition) is 0. The summed E-state index contributed by atoms with van der Waals surface area (Å²) in [5.74, 6) is 0.686. The minimum Gasteiger partial charge on any atom is -0.245 e. The van der Waals surface area contributed by atoms with Crippen LogP contribution >= 0.6 is 0 Å². The van der Waals surface area contributed by atoms with Gasteiger partial charge in [-0.25, -0.2) is 19.9 Å². The van der Waals surface area contributed by atoms with Gasteiger partial charge in [0.25, 0.3) is 0 Å². The Labute approximate surface area is 331 Å². The van der Waals surface area contributed by atoms with Crippen LogP contribution in [0.4, 0.5) is 0 Å². The summed E-state index contributed by atoms with van der Waals surface area (Å²) in [6.45, 7) is 2.16. The Morgan fingerprint density at radius 2 is 0.737 bits per heavy atom. The Morgan fingerprint density at radius 3 is 1.40 bits per heavy atom. The molecule has 0 saturated carbocycles. The molecule has 10 aromatic rings. The van der Waals surface area contributed by atoms with Crippen molar-refractivity contribution in [3.8, 4) is 78.7 Å². The fraction of sp³-hybridized carbons (Fsp3) is 0.0189. The van der Waals surface area contributed by atoms with Crippen LogP contribution in [0.5, 0.6) is 0 Å². The molecule has 0 atom stereocenters. The molecule has 7 aromatic carbocycles. The molecule has 4 heteroatoms. The second-order valence-electron chi connectivity index (χ2n) is 14.3. The van der Waals surface area contributed by atoms with Gasteiger partial charge in [-0.15, -0.1) is 0 Å². The fourth-order valence-electron chi connectivity index (χ4n) is 7.57. The van der Waals surface area contributed by atoms with Gasteiger partial charge in [-0.2, -0.15) is 0 Å². The average Bonchev–Trinajstić information content (AvgIpc) is 3.29. The maximum atomic E-state index is 5.27. The van der Waals surface area contributed by atoms with Crippen LogP contribution in [0.1, 0.15) is 5.56 Å². The molecular weight excluding hydrogens is 693 g/mol. The number of aromatic nitrogens is 4. The number of nitrogens with zero attached hydrogens (tertiary/aromatic N) is 4. The summed E-state index contributed by atoms with van der Waals surface area (Å²) in [6.07, 6.45) is 0. The molecule has 3 aromatic heterocycles. The van der Waals surface area contributed by atoms with E-state index in [0.29, 0.717) is 5.82 Å². The maximum Gasteiger partial charge on any atom is 0.160 e. The van der Waals surface area contributed by atoms with Crippen LogP contribution in [0.3, 0.4) is 0 Å². The van der Waals surface area contributed by atoms with E-state index in [1.54, 1.807) is 0 Å². The molecule has 10 rings (SSSR count). The van der Waals surface area contributed by atoms with Gasteiger partial charge in [-0.1, -0.05) is 176 Å². The lowest BCUT2D eigenvalue weighted by Gasteiger charge is -2.12. The summed E-state index contributed by atoms with van der Waals surface area (Å²) in [5, 5.41) is 2.19. The van der Waals surface area contributed by atoms with Crippen molar-refractivity contribution in [1.82, 2.24) is 19.9 Å². The standard InChI is InChI=1S/C53H36N4/c1-35-32-48(55-52-46(35)30-28-42-29-31-47(54-51(42)52)39-14-7-3-8-15-39)45-19-11-18-44(33-45)38-22-26-43(27-23-38)53-56-49(40-16-9-4-10-17-40)34-50(57-53)41-24-20-37(21-25-41)36-12-5-2-6-13-36/h2-34H,1H3. The molecule has 0 saturated heterocycles. The molecule has 4 nitrogen and oxygen atoms in total. The molecule has 57 heavy (non-hydrogen) atoms. The third-order valence-electron chi connectivity index (χ3n) is 10.6. The van der Waals surface area contributed by atoms with Gasteiger partial charge in [0.1, 0.15) is 0 Å². The summed E-state index contributed by atoms with van der Waals surface area (Å²) in [6, 6.07) is 69.6. The molecule has 0 spiro atoms. The highest BCUT2D eigenvalue weighted by Crippen LogP contribution is 2.34. The number of pyridine rings is 2. The maximum absolute atomic E-state index is 5.27. The normalized spacial score (nSPS) is 11.2. The predicted octanol–water partition coefficient (Wildman–Crippen LogP) is 13.6. The van der Waals surface area contributed by atoms with Gasteiger partial charge >= 0.3 is 0 Å². The van der Waals surface area contributed by atoms with Gasteiger partial charge in [0.2, 0.25) is 0 Å². The van der Waals surface area contributed by atoms with Crippen molar-refractivity contribution in [2.45, 2.75) is 6.92 Å². The van der Waals surface area contributed by atoms with E-state index in [1.807, 2.05) is 42.5 Å². The highest BCUT2D eigenvalue weighted by Gasteiger charge is 2.14. The Balaban J connectivity index is 0.992. The summed E-state index contributed by atoms with van der Waals surface area (Å²) >= 11 is 0. The van der Waals surface area contributed by atoms with Gasteiger partial charge in [0, 0.05) is 38.6 Å². The van der Waals surface area contributed by atoms with Crippen molar-refractivity contribution >= 4 is 21.8 Å². The molecule has 0 aliphatic rings. The lowest BCUT2D eigenvalue weighted by molar-refractivity contribution is 1.18. The first kappa shape index (κ1) is 34.0. The van der Waals surface area contributed by atoms with Crippen LogP contribution in [-0.2, 0) is 0 Å². The molecule has 0 bridgehead atoms. The van der Waals surface area contributed by atoms with Crippen LogP contribution < -0.4 is 0 Å². The molecule has 0 unspecified atom stereocenters. The Morgan fingerprint density at radius 1 is 0.281 bits per heavy atom. The second-order valence-corrected chi connectivity index (χ2v) is 14.3. The first-order chi connectivity index (χ1) is 28.1. The largest absolute Gasteiger partial charge is 0.245 e. The van der Waals surface area contributed by atoms with E-state index in [1.165, 1.54) is 16.7 Å². The number of fused-ring (bicyclic) bond motifs is 3. The van der Waals surface area contributed by atoms with Gasteiger partial charge in [-0.05, 0) is 59.0 Å². The zero-order chi connectivity index (χ0) is 38.1. The van der Waals surface area contributed by atoms with Gasteiger partial charge in [0.15, 0.2) is 5.82 Å². The van der Waals surface area contributed by atoms with E-state index in [9.17, 15) is 0 Å². The van der Waals surface area contributed by atoms with Crippen molar-refractivity contribution in [2.24, 2.45) is 0 Å². The van der Waals surface area contributed by atoms with Gasteiger partial charge in [-0.3, -0.25) is 0 Å². The number of hydrogen-bond acceptors (Lipinski definition) is 4. The topological polar surface area (TPSA) is 51.6 Å². The van der Waals surface area contributed by atoms with E-state index in [-0.39, 0.29) is 0 Å². The first-order valence-corrected chi connectivity index (χ1v) is 19.2. The minimum atomic E-state index is 0.686. The van der Waals surface area contributed by atoms with Crippen LogP contribution in [0, 0.1) is 6.92 Å². The fourth-order valence-corrected chi connectivity index (χ4v) is 7.57. The summed E-state index contributed by atoms with van der Waals surface area (Å²) in [7, 11) is 0. The monoisotopic (exact) mass is 728 g/mol. The average molecular weight is 729 g/mol. The van der Waals surface area contributed by atoms with Crippen molar-refractivity contribution in [2.75, 3.05) is 0 Å². The van der Waals surface area contributed by atoms with Crippen molar-refractivity contribution in [3.63, 3.8) is 0 Å². The third kappa shape index (κ3) is 6.75. The van der Waals surface area contributed by atoms with E-state index >= 15 is 0 Å². The van der Waals surface area contributed by atoms with E-state index in [4.69, 9.17) is 19.9 Å². The van der Waals surface area contributed by atoms with E-state index < -0.39 is 0 Å². The molecule has 0 aliphatic carbocycles. The highest BCUT2D eigenvalue weighted by atomic mass is 14.9. The number of benzene rings is 7. The van der Waals surface area contributed by atoms with Crippen LogP contribution in [0.15, 0.2) is 200 Å². The summed E-state index contributed by atoms with van der Waals surface area (Å²) in [4.78, 5) is 20.6. The van der Waals surface area contributed by atoms with Crippen molar-refractivity contribution < 1.29 is 0 Å². The van der Waals surface area contributed by atoms with E-state index in [2.05, 4.69) is 165 Å². The molecule has 0 aliphatic heterocycles. The molecule has 0 N–H and O–H groups in total. The molecular formula is C53H36N4. The van der Waals surface area contributed by atoms with E-state index in [0.717, 1.165) is 83.5 Å². The summed E-state index contributed by atoms with van der Waals surface area (Å²) < 4.78 is 0. The number of aryl methyl sites for hydroxylation is 1.